The lowest BCUT2D eigenvalue weighted by Crippen LogP contribution is -2.18. The van der Waals surface area contributed by atoms with E-state index in [4.69, 9.17) is 4.84 Å². The highest BCUT2D eigenvalue weighted by molar-refractivity contribution is 5.51. The van der Waals surface area contributed by atoms with Gasteiger partial charge in [-0.05, 0) is 38.7 Å². The van der Waals surface area contributed by atoms with Crippen LogP contribution in [-0.2, 0) is 4.84 Å². The first-order valence-corrected chi connectivity index (χ1v) is 6.13. The highest BCUT2D eigenvalue weighted by Crippen LogP contribution is 2.02. The number of nitrogens with one attached hydrogen (secondary N) is 1. The average Bonchev–Trinajstić information content (AvgIpc) is 2.37. The van der Waals surface area contributed by atoms with Gasteiger partial charge in [-0.25, -0.2) is 0 Å². The predicted molar refractivity (Wildman–Crippen MR) is 76.9 cm³/mol. The van der Waals surface area contributed by atoms with Crippen molar-refractivity contribution in [1.29, 1.82) is 0 Å². The lowest BCUT2D eigenvalue weighted by atomic mass is 10.2. The summed E-state index contributed by atoms with van der Waals surface area (Å²) < 4.78 is 0. The summed E-state index contributed by atoms with van der Waals surface area (Å²) in [6.45, 7) is 5.57. The summed E-state index contributed by atoms with van der Waals surface area (Å²) in [6, 6.07) is 10.1. The standard InChI is InChI=1S/C15H22N2O/c1-14(16-18-13-7-12-17(2)3)10-11-15-8-5-4-6-9-15/h4-6,8-11,16H,1,7,12-13H2,2-3H3. The first-order chi connectivity index (χ1) is 8.68. The number of allylic oxidation sites excluding steroid dienone is 1. The van der Waals surface area contributed by atoms with Gasteiger partial charge >= 0.3 is 0 Å². The molecular weight excluding hydrogens is 224 g/mol. The highest BCUT2D eigenvalue weighted by atomic mass is 16.6. The minimum atomic E-state index is 0.677. The Morgan fingerprint density at radius 2 is 2.06 bits per heavy atom. The van der Waals surface area contributed by atoms with E-state index in [0.29, 0.717) is 6.61 Å². The van der Waals surface area contributed by atoms with Crippen molar-refractivity contribution in [2.24, 2.45) is 0 Å². The molecule has 0 spiro atoms. The van der Waals surface area contributed by atoms with Crippen LogP contribution >= 0.6 is 0 Å². The predicted octanol–water partition coefficient (Wildman–Crippen LogP) is 2.69. The Kier molecular flexibility index (Phi) is 6.84. The molecule has 0 radical (unpaired) electrons. The summed E-state index contributed by atoms with van der Waals surface area (Å²) in [6.07, 6.45) is 4.90. The van der Waals surface area contributed by atoms with Gasteiger partial charge in [0.25, 0.3) is 0 Å². The summed E-state index contributed by atoms with van der Waals surface area (Å²) in [5.41, 5.74) is 4.73. The van der Waals surface area contributed by atoms with Gasteiger partial charge < -0.3 is 4.90 Å². The molecule has 1 aromatic carbocycles. The van der Waals surface area contributed by atoms with Gasteiger partial charge in [0.1, 0.15) is 0 Å². The van der Waals surface area contributed by atoms with Crippen molar-refractivity contribution < 1.29 is 4.84 Å². The zero-order valence-electron chi connectivity index (χ0n) is 11.2. The van der Waals surface area contributed by atoms with Crippen LogP contribution < -0.4 is 5.48 Å². The van der Waals surface area contributed by atoms with Crippen molar-refractivity contribution in [3.63, 3.8) is 0 Å². The molecule has 0 aliphatic heterocycles. The zero-order chi connectivity index (χ0) is 13.2. The first-order valence-electron chi connectivity index (χ1n) is 6.13. The number of hydrogen-bond donors (Lipinski definition) is 1. The third-order valence-corrected chi connectivity index (χ3v) is 2.33. The molecule has 1 rings (SSSR count). The maximum absolute atomic E-state index is 5.31. The number of rotatable bonds is 8. The molecule has 98 valence electrons. The lowest BCUT2D eigenvalue weighted by molar-refractivity contribution is 0.0604. The maximum Gasteiger partial charge on any atom is 0.0758 e. The van der Waals surface area contributed by atoms with E-state index >= 15 is 0 Å². The van der Waals surface area contributed by atoms with Gasteiger partial charge in [0.05, 0.1) is 12.3 Å². The number of hydrogen-bond acceptors (Lipinski definition) is 3. The van der Waals surface area contributed by atoms with Crippen LogP contribution in [0.3, 0.4) is 0 Å². The normalized spacial score (nSPS) is 11.1. The van der Waals surface area contributed by atoms with Crippen LogP contribution in [0.2, 0.25) is 0 Å². The molecule has 1 aromatic rings. The second-order valence-corrected chi connectivity index (χ2v) is 4.38. The summed E-state index contributed by atoms with van der Waals surface area (Å²) in [5, 5.41) is 0. The van der Waals surface area contributed by atoms with Crippen LogP contribution in [0.1, 0.15) is 12.0 Å². The zero-order valence-corrected chi connectivity index (χ0v) is 11.2. The van der Waals surface area contributed by atoms with E-state index < -0.39 is 0 Å². The third-order valence-electron chi connectivity index (χ3n) is 2.33. The quantitative estimate of drug-likeness (QED) is 0.433. The van der Waals surface area contributed by atoms with Gasteiger partial charge in [-0.15, -0.1) is 0 Å². The smallest absolute Gasteiger partial charge is 0.0758 e. The van der Waals surface area contributed by atoms with E-state index in [-0.39, 0.29) is 0 Å². The monoisotopic (exact) mass is 246 g/mol. The molecule has 0 heterocycles. The molecule has 3 nitrogen and oxygen atoms in total. The molecule has 0 saturated carbocycles. The molecule has 0 aromatic heterocycles. The Labute approximate surface area is 110 Å². The van der Waals surface area contributed by atoms with E-state index in [2.05, 4.69) is 31.1 Å². The molecule has 0 amide bonds. The summed E-state index contributed by atoms with van der Waals surface area (Å²) in [4.78, 5) is 7.44. The van der Waals surface area contributed by atoms with E-state index in [9.17, 15) is 0 Å². The molecule has 0 bridgehead atoms. The maximum atomic E-state index is 5.31. The van der Waals surface area contributed by atoms with E-state index in [1.807, 2.05) is 42.5 Å². The van der Waals surface area contributed by atoms with Crippen molar-refractivity contribution in [2.75, 3.05) is 27.2 Å². The fourth-order valence-electron chi connectivity index (χ4n) is 1.39. The number of benzene rings is 1. The van der Waals surface area contributed by atoms with Crippen molar-refractivity contribution in [3.05, 3.63) is 54.2 Å². The largest absolute Gasteiger partial charge is 0.309 e. The van der Waals surface area contributed by atoms with Crippen LogP contribution in [0.25, 0.3) is 6.08 Å². The molecular formula is C15H22N2O. The topological polar surface area (TPSA) is 24.5 Å². The average molecular weight is 246 g/mol. The third kappa shape index (κ3) is 6.89. The van der Waals surface area contributed by atoms with Crippen molar-refractivity contribution >= 4 is 6.08 Å². The van der Waals surface area contributed by atoms with Crippen molar-refractivity contribution in [3.8, 4) is 0 Å². The van der Waals surface area contributed by atoms with Crippen LogP contribution in [0, 0.1) is 0 Å². The second kappa shape index (κ2) is 8.50. The van der Waals surface area contributed by atoms with Gasteiger partial charge in [-0.3, -0.25) is 10.3 Å². The van der Waals surface area contributed by atoms with Crippen molar-refractivity contribution in [1.82, 2.24) is 10.4 Å². The minimum absolute atomic E-state index is 0.677. The Morgan fingerprint density at radius 3 is 2.72 bits per heavy atom. The molecule has 1 N–H and O–H groups in total. The van der Waals surface area contributed by atoms with E-state index in [1.54, 1.807) is 0 Å². The van der Waals surface area contributed by atoms with Gasteiger partial charge in [0.2, 0.25) is 0 Å². The van der Waals surface area contributed by atoms with Crippen LogP contribution in [-0.4, -0.2) is 32.1 Å². The molecule has 3 heteroatoms. The fourth-order valence-corrected chi connectivity index (χ4v) is 1.39. The van der Waals surface area contributed by atoms with Gasteiger partial charge in [-0.1, -0.05) is 43.0 Å². The second-order valence-electron chi connectivity index (χ2n) is 4.38. The van der Waals surface area contributed by atoms with Crippen molar-refractivity contribution in [2.45, 2.75) is 6.42 Å². The molecule has 0 aliphatic rings. The lowest BCUT2D eigenvalue weighted by Gasteiger charge is -2.10. The van der Waals surface area contributed by atoms with E-state index in [1.165, 1.54) is 0 Å². The first kappa shape index (κ1) is 14.5. The molecule has 0 atom stereocenters. The molecule has 0 fully saturated rings. The van der Waals surface area contributed by atoms with Gasteiger partial charge in [0.15, 0.2) is 0 Å². The minimum Gasteiger partial charge on any atom is -0.309 e. The van der Waals surface area contributed by atoms with Gasteiger partial charge in [0, 0.05) is 0 Å². The summed E-state index contributed by atoms with van der Waals surface area (Å²) >= 11 is 0. The number of nitrogens with zero attached hydrogens (tertiary/aromatic N) is 1. The molecule has 0 aliphatic carbocycles. The Morgan fingerprint density at radius 1 is 1.33 bits per heavy atom. The molecule has 0 unspecified atom stereocenters. The van der Waals surface area contributed by atoms with Crippen LogP contribution in [0.4, 0.5) is 0 Å². The summed E-state index contributed by atoms with van der Waals surface area (Å²) in [5.74, 6) is 0. The Balaban J connectivity index is 2.16. The molecule has 18 heavy (non-hydrogen) atoms. The van der Waals surface area contributed by atoms with Gasteiger partial charge in [-0.2, -0.15) is 0 Å². The highest BCUT2D eigenvalue weighted by Gasteiger charge is 1.92. The SMILES string of the molecule is C=C(C=Cc1ccccc1)NOCCCN(C)C. The fraction of sp³-hybridized carbons (Fsp3) is 0.333. The van der Waals surface area contributed by atoms with Crippen LogP contribution in [0.5, 0.6) is 0 Å². The summed E-state index contributed by atoms with van der Waals surface area (Å²) in [7, 11) is 4.10. The Bertz CT molecular complexity index is 371. The molecule has 0 saturated heterocycles. The number of hydroxylamine groups is 1. The van der Waals surface area contributed by atoms with E-state index in [0.717, 1.165) is 24.2 Å². The van der Waals surface area contributed by atoms with Crippen LogP contribution in [0.15, 0.2) is 48.7 Å². The Hall–Kier alpha value is -1.58.